The quantitative estimate of drug-likeness (QED) is 0.347. The Hall–Kier alpha value is -4.12. The van der Waals surface area contributed by atoms with E-state index in [1.165, 1.54) is 0 Å². The lowest BCUT2D eigenvalue weighted by atomic mass is 9.86. The molecule has 1 unspecified atom stereocenters. The zero-order valence-corrected chi connectivity index (χ0v) is 18.0. The first-order chi connectivity index (χ1) is 16.2. The Bertz CT molecular complexity index is 1430. The first-order valence-electron chi connectivity index (χ1n) is 11.3. The monoisotopic (exact) mass is 433 g/mol. The van der Waals surface area contributed by atoms with Gasteiger partial charge in [-0.05, 0) is 37.1 Å². The molecule has 1 aliphatic carbocycles. The number of rotatable bonds is 3. The molecule has 1 aliphatic heterocycles. The van der Waals surface area contributed by atoms with Crippen LogP contribution in [-0.4, -0.2) is 16.6 Å². The lowest BCUT2D eigenvalue weighted by Crippen LogP contribution is -2.23. The van der Waals surface area contributed by atoms with Crippen LogP contribution in [0, 0.1) is 0 Å². The molecule has 6 rings (SSSR count). The number of allylic oxidation sites excluding steroid dienone is 1. The van der Waals surface area contributed by atoms with Gasteiger partial charge in [0.1, 0.15) is 0 Å². The van der Waals surface area contributed by atoms with Crippen molar-refractivity contribution >= 4 is 33.8 Å². The molecule has 5 heteroatoms. The molecule has 0 saturated carbocycles. The maximum absolute atomic E-state index is 13.1. The van der Waals surface area contributed by atoms with Gasteiger partial charge in [-0.25, -0.2) is 0 Å². The maximum atomic E-state index is 13.1. The highest BCUT2D eigenvalue weighted by molar-refractivity contribution is 6.10. The summed E-state index contributed by atoms with van der Waals surface area (Å²) in [5, 5.41) is 8.23. The topological polar surface area (TPSA) is 74.0 Å². The summed E-state index contributed by atoms with van der Waals surface area (Å²) in [6.07, 6.45) is 4.17. The molecule has 3 aromatic carbocycles. The summed E-state index contributed by atoms with van der Waals surface area (Å²) in [7, 11) is 0. The predicted molar refractivity (Wildman–Crippen MR) is 130 cm³/mol. The van der Waals surface area contributed by atoms with E-state index in [4.69, 9.17) is 0 Å². The summed E-state index contributed by atoms with van der Waals surface area (Å²) in [4.78, 5) is 29.5. The number of H-pyrrole nitrogens is 1. The van der Waals surface area contributed by atoms with E-state index in [0.717, 1.165) is 52.0 Å². The summed E-state index contributed by atoms with van der Waals surface area (Å²) in [5.41, 5.74) is 6.79. The molecule has 3 N–H and O–H groups in total. The minimum atomic E-state index is -0.270. The van der Waals surface area contributed by atoms with E-state index in [1.54, 1.807) is 0 Å². The molecule has 1 aromatic heterocycles. The predicted octanol–water partition coefficient (Wildman–Crippen LogP) is 5.98. The first-order valence-corrected chi connectivity index (χ1v) is 11.3. The summed E-state index contributed by atoms with van der Waals surface area (Å²) in [6.45, 7) is 0. The molecule has 0 saturated heterocycles. The fraction of sp³-hybridized carbons (Fsp3) is 0.143. The van der Waals surface area contributed by atoms with Crippen molar-refractivity contribution < 1.29 is 9.59 Å². The fourth-order valence-electron chi connectivity index (χ4n) is 4.96. The molecule has 0 fully saturated rings. The van der Waals surface area contributed by atoms with Gasteiger partial charge >= 0.3 is 0 Å². The van der Waals surface area contributed by atoms with Crippen molar-refractivity contribution in [3.63, 3.8) is 0 Å². The van der Waals surface area contributed by atoms with Gasteiger partial charge in [-0.1, -0.05) is 48.5 Å². The second kappa shape index (κ2) is 7.78. The Labute approximate surface area is 191 Å². The van der Waals surface area contributed by atoms with Gasteiger partial charge < -0.3 is 15.6 Å². The van der Waals surface area contributed by atoms with Crippen molar-refractivity contribution in [3.8, 4) is 0 Å². The highest BCUT2D eigenvalue weighted by atomic mass is 16.1. The third-order valence-corrected chi connectivity index (χ3v) is 6.58. The van der Waals surface area contributed by atoms with Crippen LogP contribution in [0.4, 0.5) is 11.4 Å². The highest BCUT2D eigenvalue weighted by Crippen LogP contribution is 2.42. The summed E-state index contributed by atoms with van der Waals surface area (Å²) >= 11 is 0. The van der Waals surface area contributed by atoms with Crippen molar-refractivity contribution in [1.29, 1.82) is 0 Å². The number of aromatic amines is 1. The van der Waals surface area contributed by atoms with Gasteiger partial charge in [0.25, 0.3) is 0 Å². The number of ketones is 2. The summed E-state index contributed by atoms with van der Waals surface area (Å²) in [5.74, 6) is 0.145. The third-order valence-electron chi connectivity index (χ3n) is 6.58. The van der Waals surface area contributed by atoms with Crippen LogP contribution in [0.1, 0.15) is 46.8 Å². The van der Waals surface area contributed by atoms with Gasteiger partial charge in [-0.2, -0.15) is 0 Å². The smallest absolute Gasteiger partial charge is 0.193 e. The fourth-order valence-corrected chi connectivity index (χ4v) is 4.96. The minimum Gasteiger partial charge on any atom is -0.372 e. The summed E-state index contributed by atoms with van der Waals surface area (Å²) < 4.78 is 0. The average Bonchev–Trinajstić information content (AvgIpc) is 3.20. The number of hydrogen-bond donors (Lipinski definition) is 3. The molecule has 0 spiro atoms. The molecule has 33 heavy (non-hydrogen) atoms. The molecule has 162 valence electrons. The van der Waals surface area contributed by atoms with Gasteiger partial charge in [-0.15, -0.1) is 0 Å². The number of para-hydroxylation sites is 1. The van der Waals surface area contributed by atoms with Crippen molar-refractivity contribution in [3.05, 3.63) is 107 Å². The number of carbonyl (C=O) groups excluding carboxylic acids is 2. The van der Waals surface area contributed by atoms with Crippen LogP contribution in [-0.2, 0) is 4.79 Å². The lowest BCUT2D eigenvalue weighted by Gasteiger charge is -2.25. The van der Waals surface area contributed by atoms with E-state index in [2.05, 4.69) is 21.7 Å². The number of benzene rings is 3. The molecule has 1 atom stereocenters. The van der Waals surface area contributed by atoms with Gasteiger partial charge in [0, 0.05) is 51.5 Å². The van der Waals surface area contributed by atoms with Crippen molar-refractivity contribution in [1.82, 2.24) is 4.98 Å². The van der Waals surface area contributed by atoms with Crippen molar-refractivity contribution in [2.24, 2.45) is 0 Å². The Morgan fingerprint density at radius 3 is 2.55 bits per heavy atom. The number of aromatic nitrogens is 1. The van der Waals surface area contributed by atoms with E-state index >= 15 is 0 Å². The number of carbonyl (C=O) groups is 2. The third kappa shape index (κ3) is 3.33. The molecular weight excluding hydrogens is 410 g/mol. The standard InChI is InChI=1S/C28H23N3O2/c32-25-12-6-11-23-26(25)27(20-16-29-21-10-5-4-9-19(20)21)31-22-14-13-18(15-24(22)30-23)28(33)17-7-2-1-3-8-17/h1-5,7-10,13-16,27,29-31H,6,11-12H2. The van der Waals surface area contributed by atoms with E-state index in [0.29, 0.717) is 17.5 Å². The second-order valence-corrected chi connectivity index (χ2v) is 8.62. The average molecular weight is 434 g/mol. The zero-order chi connectivity index (χ0) is 22.4. The van der Waals surface area contributed by atoms with Crippen LogP contribution in [0.25, 0.3) is 10.9 Å². The Kier molecular flexibility index (Phi) is 4.61. The number of hydrogen-bond acceptors (Lipinski definition) is 4. The largest absolute Gasteiger partial charge is 0.372 e. The molecule has 0 amide bonds. The van der Waals surface area contributed by atoms with E-state index in [-0.39, 0.29) is 17.6 Å². The Morgan fingerprint density at radius 2 is 1.67 bits per heavy atom. The van der Waals surface area contributed by atoms with Crippen LogP contribution in [0.5, 0.6) is 0 Å². The normalized spacial score (nSPS) is 17.6. The van der Waals surface area contributed by atoms with Crippen LogP contribution in [0.3, 0.4) is 0 Å². The van der Waals surface area contributed by atoms with Crippen LogP contribution in [0.2, 0.25) is 0 Å². The first kappa shape index (κ1) is 19.6. The maximum Gasteiger partial charge on any atom is 0.193 e. The number of nitrogens with one attached hydrogen (secondary N) is 3. The summed E-state index contributed by atoms with van der Waals surface area (Å²) in [6, 6.07) is 22.8. The van der Waals surface area contributed by atoms with Crippen LogP contribution >= 0.6 is 0 Å². The van der Waals surface area contributed by atoms with E-state index in [9.17, 15) is 9.59 Å². The van der Waals surface area contributed by atoms with E-state index < -0.39 is 0 Å². The van der Waals surface area contributed by atoms with Gasteiger partial charge in [0.15, 0.2) is 11.6 Å². The molecule has 5 nitrogen and oxygen atoms in total. The highest BCUT2D eigenvalue weighted by Gasteiger charge is 2.33. The van der Waals surface area contributed by atoms with Crippen LogP contribution < -0.4 is 10.6 Å². The number of Topliss-reactive ketones (excluding diaryl/α,β-unsaturated/α-hetero) is 1. The van der Waals surface area contributed by atoms with Gasteiger partial charge in [0.2, 0.25) is 0 Å². The molecule has 0 bridgehead atoms. The SMILES string of the molecule is O=C1CCCC2=C1C(c1c[nH]c3ccccc13)Nc1ccc(C(=O)c3ccccc3)cc1N2. The Morgan fingerprint density at radius 1 is 0.848 bits per heavy atom. The van der Waals surface area contributed by atoms with Gasteiger partial charge in [-0.3, -0.25) is 9.59 Å². The Balaban J connectivity index is 1.47. The lowest BCUT2D eigenvalue weighted by molar-refractivity contribution is -0.116. The molecule has 2 aliphatic rings. The molecule has 4 aromatic rings. The minimum absolute atomic E-state index is 0.0217. The van der Waals surface area contributed by atoms with Crippen molar-refractivity contribution in [2.45, 2.75) is 25.3 Å². The van der Waals surface area contributed by atoms with Gasteiger partial charge in [0.05, 0.1) is 17.4 Å². The molecule has 2 heterocycles. The van der Waals surface area contributed by atoms with Crippen LogP contribution in [0.15, 0.2) is 90.3 Å². The number of anilines is 2. The molecule has 0 radical (unpaired) electrons. The van der Waals surface area contributed by atoms with E-state index in [1.807, 2.05) is 72.9 Å². The number of fused-ring (bicyclic) bond motifs is 2. The molecular formula is C28H23N3O2. The second-order valence-electron chi connectivity index (χ2n) is 8.62. The zero-order valence-electron chi connectivity index (χ0n) is 18.0. The van der Waals surface area contributed by atoms with Crippen molar-refractivity contribution in [2.75, 3.05) is 10.6 Å².